The lowest BCUT2D eigenvalue weighted by Crippen LogP contribution is -2.41. The van der Waals surface area contributed by atoms with Gasteiger partial charge in [-0.05, 0) is 37.1 Å². The Morgan fingerprint density at radius 3 is 2.35 bits per heavy atom. The summed E-state index contributed by atoms with van der Waals surface area (Å²) in [5.74, 6) is -0.412. The van der Waals surface area contributed by atoms with E-state index in [-0.39, 0.29) is 16.6 Å². The van der Waals surface area contributed by atoms with Gasteiger partial charge in [0.05, 0.1) is 21.8 Å². The van der Waals surface area contributed by atoms with E-state index in [0.29, 0.717) is 0 Å². The second-order valence-corrected chi connectivity index (χ2v) is 8.23. The summed E-state index contributed by atoms with van der Waals surface area (Å²) in [4.78, 5) is 14.6. The predicted octanol–water partition coefficient (Wildman–Crippen LogP) is 2.70. The molecule has 2 aromatic rings. The Morgan fingerprint density at radius 2 is 1.70 bits per heavy atom. The number of nitrogens with zero attached hydrogens (tertiary/aromatic N) is 1. The summed E-state index contributed by atoms with van der Waals surface area (Å²) in [7, 11) is -1.86. The molecule has 1 heterocycles. The third-order valence-corrected chi connectivity index (χ3v) is 6.47. The normalized spacial score (nSPS) is 20.7. The molecule has 0 radical (unpaired) electrons. The number of fused-ring (bicyclic) bond motifs is 1. The third-order valence-electron chi connectivity index (χ3n) is 4.53. The quantitative estimate of drug-likeness (QED) is 0.870. The Kier molecular flexibility index (Phi) is 3.56. The number of hydrogen-bond acceptors (Lipinski definition) is 3. The summed E-state index contributed by atoms with van der Waals surface area (Å²) < 4.78 is 25.5. The molecule has 1 aliphatic rings. The van der Waals surface area contributed by atoms with Crippen molar-refractivity contribution in [2.45, 2.75) is 24.2 Å². The Bertz CT molecular complexity index is 874. The second kappa shape index (κ2) is 5.20. The van der Waals surface area contributed by atoms with Crippen molar-refractivity contribution in [2.24, 2.45) is 0 Å². The average molecular weight is 329 g/mol. The van der Waals surface area contributed by atoms with E-state index >= 15 is 0 Å². The second-order valence-electron chi connectivity index (χ2n) is 6.24. The summed E-state index contributed by atoms with van der Waals surface area (Å²) in [6, 6.07) is 13.9. The van der Waals surface area contributed by atoms with Crippen molar-refractivity contribution in [3.8, 4) is 0 Å². The summed E-state index contributed by atoms with van der Waals surface area (Å²) in [5.41, 5.74) is 1.51. The van der Waals surface area contributed by atoms with Gasteiger partial charge in [0.15, 0.2) is 9.84 Å². The smallest absolute Gasteiger partial charge is 0.238 e. The molecule has 0 aliphatic carbocycles. The molecule has 120 valence electrons. The summed E-state index contributed by atoms with van der Waals surface area (Å²) >= 11 is 0. The molecular formula is C18H19NO3S. The van der Waals surface area contributed by atoms with Crippen LogP contribution in [0.3, 0.4) is 0 Å². The molecular weight excluding hydrogens is 310 g/mol. The van der Waals surface area contributed by atoms with Gasteiger partial charge in [-0.3, -0.25) is 4.79 Å². The van der Waals surface area contributed by atoms with E-state index in [1.165, 1.54) is 0 Å². The zero-order valence-electron chi connectivity index (χ0n) is 13.4. The summed E-state index contributed by atoms with van der Waals surface area (Å²) in [6.07, 6.45) is 0. The number of anilines is 1. The number of likely N-dealkylation sites (N-methyl/N-ethyl adjacent to an activating group) is 1. The number of carbonyl (C=O) groups is 1. The predicted molar refractivity (Wildman–Crippen MR) is 90.4 cm³/mol. The van der Waals surface area contributed by atoms with Gasteiger partial charge in [0.25, 0.3) is 0 Å². The van der Waals surface area contributed by atoms with Crippen molar-refractivity contribution >= 4 is 21.4 Å². The lowest BCUT2D eigenvalue weighted by atomic mass is 9.85. The number of amides is 1. The Hall–Kier alpha value is -2.14. The lowest BCUT2D eigenvalue weighted by molar-refractivity contribution is -0.121. The zero-order valence-corrected chi connectivity index (χ0v) is 14.2. The van der Waals surface area contributed by atoms with E-state index in [1.807, 2.05) is 25.1 Å². The van der Waals surface area contributed by atoms with E-state index < -0.39 is 15.3 Å². The van der Waals surface area contributed by atoms with Gasteiger partial charge in [0.2, 0.25) is 5.91 Å². The molecule has 0 saturated heterocycles. The molecule has 1 aliphatic heterocycles. The van der Waals surface area contributed by atoms with Gasteiger partial charge in [-0.1, -0.05) is 36.4 Å². The van der Waals surface area contributed by atoms with E-state index in [2.05, 4.69) is 0 Å². The highest BCUT2D eigenvalue weighted by Gasteiger charge is 2.49. The Labute approximate surface area is 136 Å². The Morgan fingerprint density at radius 1 is 1.04 bits per heavy atom. The van der Waals surface area contributed by atoms with Crippen molar-refractivity contribution in [1.29, 1.82) is 0 Å². The average Bonchev–Trinajstić information content (AvgIpc) is 2.71. The summed E-state index contributed by atoms with van der Waals surface area (Å²) in [5, 5.41) is 0. The van der Waals surface area contributed by atoms with Crippen LogP contribution in [0.4, 0.5) is 5.69 Å². The minimum absolute atomic E-state index is 0.179. The number of benzene rings is 2. The van der Waals surface area contributed by atoms with Crippen LogP contribution in [0, 0.1) is 6.92 Å². The van der Waals surface area contributed by atoms with Crippen LogP contribution in [0.5, 0.6) is 0 Å². The number of aryl methyl sites for hydroxylation is 1. The zero-order chi connectivity index (χ0) is 16.8. The van der Waals surface area contributed by atoms with Crippen molar-refractivity contribution in [3.63, 3.8) is 0 Å². The first kappa shape index (κ1) is 15.7. The molecule has 0 aromatic heterocycles. The van der Waals surface area contributed by atoms with Crippen LogP contribution < -0.4 is 4.90 Å². The maximum absolute atomic E-state index is 12.8. The molecule has 1 unspecified atom stereocenters. The van der Waals surface area contributed by atoms with Gasteiger partial charge in [-0.2, -0.15) is 0 Å². The van der Waals surface area contributed by atoms with Crippen LogP contribution in [0.2, 0.25) is 0 Å². The fourth-order valence-electron chi connectivity index (χ4n) is 3.37. The van der Waals surface area contributed by atoms with E-state index in [4.69, 9.17) is 0 Å². The van der Waals surface area contributed by atoms with Crippen LogP contribution in [-0.2, 0) is 20.0 Å². The van der Waals surface area contributed by atoms with Crippen LogP contribution in [0.1, 0.15) is 18.1 Å². The van der Waals surface area contributed by atoms with Crippen LogP contribution in [0.15, 0.2) is 53.4 Å². The largest absolute Gasteiger partial charge is 0.314 e. The number of para-hydroxylation sites is 1. The minimum Gasteiger partial charge on any atom is -0.314 e. The molecule has 0 spiro atoms. The first-order valence-electron chi connectivity index (χ1n) is 7.43. The van der Waals surface area contributed by atoms with E-state index in [9.17, 15) is 13.2 Å². The molecule has 4 nitrogen and oxygen atoms in total. The standard InChI is InChI=1S/C18H19NO3S/c1-13-8-7-11-15-16(13)19(3)17(20)18(15,2)12-23(21,22)14-9-5-4-6-10-14/h4-11H,12H2,1-3H3. The first-order valence-corrected chi connectivity index (χ1v) is 9.09. The number of sulfone groups is 1. The highest BCUT2D eigenvalue weighted by Crippen LogP contribution is 2.44. The molecule has 23 heavy (non-hydrogen) atoms. The fraction of sp³-hybridized carbons (Fsp3) is 0.278. The first-order chi connectivity index (χ1) is 10.8. The van der Waals surface area contributed by atoms with Crippen LogP contribution >= 0.6 is 0 Å². The Balaban J connectivity index is 2.10. The maximum Gasteiger partial charge on any atom is 0.238 e. The minimum atomic E-state index is -3.56. The van der Waals surface area contributed by atoms with Crippen LogP contribution in [0.25, 0.3) is 0 Å². The molecule has 1 amide bonds. The molecule has 0 fully saturated rings. The van der Waals surface area contributed by atoms with E-state index in [0.717, 1.165) is 16.8 Å². The van der Waals surface area contributed by atoms with Crippen molar-refractivity contribution in [2.75, 3.05) is 17.7 Å². The molecule has 5 heteroatoms. The van der Waals surface area contributed by atoms with Crippen molar-refractivity contribution in [1.82, 2.24) is 0 Å². The highest BCUT2D eigenvalue weighted by molar-refractivity contribution is 7.91. The molecule has 3 rings (SSSR count). The molecule has 0 bridgehead atoms. The highest BCUT2D eigenvalue weighted by atomic mass is 32.2. The van der Waals surface area contributed by atoms with Crippen LogP contribution in [-0.4, -0.2) is 27.1 Å². The third kappa shape index (κ3) is 2.36. The number of carbonyl (C=O) groups excluding carboxylic acids is 1. The molecule has 1 atom stereocenters. The SMILES string of the molecule is Cc1cccc2c1N(C)C(=O)C2(C)CS(=O)(=O)c1ccccc1. The topological polar surface area (TPSA) is 54.5 Å². The van der Waals surface area contributed by atoms with Gasteiger partial charge >= 0.3 is 0 Å². The maximum atomic E-state index is 12.8. The molecule has 0 N–H and O–H groups in total. The van der Waals surface area contributed by atoms with Gasteiger partial charge in [-0.25, -0.2) is 8.42 Å². The van der Waals surface area contributed by atoms with Gasteiger partial charge < -0.3 is 4.90 Å². The number of hydrogen-bond donors (Lipinski definition) is 0. The molecule has 0 saturated carbocycles. The monoisotopic (exact) mass is 329 g/mol. The number of rotatable bonds is 3. The summed E-state index contributed by atoms with van der Waals surface area (Å²) in [6.45, 7) is 3.65. The van der Waals surface area contributed by atoms with Crippen molar-refractivity contribution in [3.05, 3.63) is 59.7 Å². The van der Waals surface area contributed by atoms with Gasteiger partial charge in [0.1, 0.15) is 0 Å². The van der Waals surface area contributed by atoms with Gasteiger partial charge in [0, 0.05) is 7.05 Å². The fourth-order valence-corrected chi connectivity index (χ4v) is 5.14. The van der Waals surface area contributed by atoms with E-state index in [1.54, 1.807) is 49.2 Å². The lowest BCUT2D eigenvalue weighted by Gasteiger charge is -2.23. The van der Waals surface area contributed by atoms with Gasteiger partial charge in [-0.15, -0.1) is 0 Å². The molecule has 2 aromatic carbocycles. The van der Waals surface area contributed by atoms with Crippen molar-refractivity contribution < 1.29 is 13.2 Å².